The molecule has 5 heteroatoms. The molecule has 0 aliphatic heterocycles. The van der Waals surface area contributed by atoms with Gasteiger partial charge in [-0.2, -0.15) is 0 Å². The van der Waals surface area contributed by atoms with Crippen LogP contribution >= 0.6 is 23.2 Å². The highest BCUT2D eigenvalue weighted by Crippen LogP contribution is 2.38. The van der Waals surface area contributed by atoms with E-state index in [0.29, 0.717) is 10.0 Å². The summed E-state index contributed by atoms with van der Waals surface area (Å²) in [5, 5.41) is 1.03. The minimum absolute atomic E-state index is 0.265. The molecule has 1 aromatic heterocycles. The molecule has 0 saturated carbocycles. The topological polar surface area (TPSA) is 51.8 Å². The van der Waals surface area contributed by atoms with E-state index >= 15 is 0 Å². The van der Waals surface area contributed by atoms with Crippen LogP contribution in [-0.2, 0) is 12.8 Å². The second-order valence-electron chi connectivity index (χ2n) is 5.54. The molecule has 1 aliphatic rings. The number of halogens is 2. The van der Waals surface area contributed by atoms with Gasteiger partial charge in [0.05, 0.1) is 21.4 Å². The highest BCUT2D eigenvalue weighted by Gasteiger charge is 2.22. The second kappa shape index (κ2) is 5.52. The maximum atomic E-state index is 6.16. The van der Waals surface area contributed by atoms with Crippen molar-refractivity contribution in [1.82, 2.24) is 9.97 Å². The Morgan fingerprint density at radius 2 is 1.65 bits per heavy atom. The third-order valence-corrected chi connectivity index (χ3v) is 4.87. The van der Waals surface area contributed by atoms with Crippen LogP contribution in [0.4, 0.5) is 5.95 Å². The van der Waals surface area contributed by atoms with Crippen LogP contribution in [0.1, 0.15) is 11.1 Å². The summed E-state index contributed by atoms with van der Waals surface area (Å²) in [6, 6.07) is 13.8. The van der Waals surface area contributed by atoms with Crippen LogP contribution in [0.2, 0.25) is 10.0 Å². The van der Waals surface area contributed by atoms with Gasteiger partial charge in [0.25, 0.3) is 0 Å². The van der Waals surface area contributed by atoms with E-state index in [9.17, 15) is 0 Å². The van der Waals surface area contributed by atoms with E-state index < -0.39 is 0 Å². The van der Waals surface area contributed by atoms with E-state index in [0.717, 1.165) is 40.9 Å². The van der Waals surface area contributed by atoms with Crippen molar-refractivity contribution < 1.29 is 0 Å². The molecule has 2 N–H and O–H groups in total. The van der Waals surface area contributed by atoms with Gasteiger partial charge in [-0.1, -0.05) is 53.5 Å². The Morgan fingerprint density at radius 1 is 0.870 bits per heavy atom. The number of nitrogens with two attached hydrogens (primary N) is 1. The van der Waals surface area contributed by atoms with Gasteiger partial charge in [0.15, 0.2) is 0 Å². The molecule has 0 unspecified atom stereocenters. The van der Waals surface area contributed by atoms with E-state index in [1.807, 2.05) is 24.3 Å². The van der Waals surface area contributed by atoms with Crippen LogP contribution in [0, 0.1) is 0 Å². The summed E-state index contributed by atoms with van der Waals surface area (Å²) < 4.78 is 0. The molecule has 0 fully saturated rings. The molecule has 0 spiro atoms. The van der Waals surface area contributed by atoms with Gasteiger partial charge in [-0.15, -0.1) is 0 Å². The number of aryl methyl sites for hydroxylation is 1. The predicted octanol–water partition coefficient (Wildman–Crippen LogP) is 4.80. The summed E-state index contributed by atoms with van der Waals surface area (Å²) in [7, 11) is 0. The smallest absolute Gasteiger partial charge is 0.221 e. The number of hydrogen-bond donors (Lipinski definition) is 1. The number of anilines is 1. The van der Waals surface area contributed by atoms with Crippen molar-refractivity contribution in [3.05, 3.63) is 63.6 Å². The number of hydrogen-bond acceptors (Lipinski definition) is 3. The summed E-state index contributed by atoms with van der Waals surface area (Å²) in [5.41, 5.74) is 12.1. The first-order valence-corrected chi connectivity index (χ1v) is 8.09. The zero-order valence-electron chi connectivity index (χ0n) is 12.2. The quantitative estimate of drug-likeness (QED) is 0.691. The molecule has 0 saturated heterocycles. The average molecular weight is 342 g/mol. The van der Waals surface area contributed by atoms with Gasteiger partial charge >= 0.3 is 0 Å². The summed E-state index contributed by atoms with van der Waals surface area (Å²) in [6.45, 7) is 0. The third kappa shape index (κ3) is 2.46. The first-order chi connectivity index (χ1) is 11.1. The largest absolute Gasteiger partial charge is 0.368 e. The maximum Gasteiger partial charge on any atom is 0.221 e. The average Bonchev–Trinajstić information content (AvgIpc) is 2.56. The van der Waals surface area contributed by atoms with E-state index in [4.69, 9.17) is 28.9 Å². The minimum atomic E-state index is 0.265. The number of benzene rings is 2. The highest BCUT2D eigenvalue weighted by molar-refractivity contribution is 6.42. The zero-order valence-corrected chi connectivity index (χ0v) is 13.7. The highest BCUT2D eigenvalue weighted by atomic mass is 35.5. The van der Waals surface area contributed by atoms with Crippen LogP contribution in [0.15, 0.2) is 42.5 Å². The third-order valence-electron chi connectivity index (χ3n) is 4.13. The van der Waals surface area contributed by atoms with Gasteiger partial charge in [-0.25, -0.2) is 9.97 Å². The Balaban J connectivity index is 1.97. The number of nitrogen functional groups attached to an aromatic ring is 1. The molecule has 3 nitrogen and oxygen atoms in total. The standard InChI is InChI=1S/C18H13Cl2N3/c19-14-8-6-11(9-15(14)20)16-13-7-5-10-3-1-2-4-12(10)17(13)23-18(21)22-16/h1-4,6,8-9H,5,7H2,(H2,21,22,23). The molecule has 0 radical (unpaired) electrons. The molecule has 114 valence electrons. The normalized spacial score (nSPS) is 12.6. The second-order valence-corrected chi connectivity index (χ2v) is 6.36. The van der Waals surface area contributed by atoms with Gasteiger partial charge in [-0.05, 0) is 30.5 Å². The van der Waals surface area contributed by atoms with Crippen LogP contribution in [-0.4, -0.2) is 9.97 Å². The Morgan fingerprint density at radius 3 is 2.48 bits per heavy atom. The number of rotatable bonds is 1. The molecule has 0 amide bonds. The minimum Gasteiger partial charge on any atom is -0.368 e. The number of aromatic nitrogens is 2. The fourth-order valence-corrected chi connectivity index (χ4v) is 3.37. The van der Waals surface area contributed by atoms with Gasteiger partial charge in [0, 0.05) is 16.7 Å². The van der Waals surface area contributed by atoms with E-state index in [1.54, 1.807) is 6.07 Å². The van der Waals surface area contributed by atoms with Crippen molar-refractivity contribution in [2.45, 2.75) is 12.8 Å². The molecule has 1 heterocycles. The lowest BCUT2D eigenvalue weighted by molar-refractivity contribution is 0.917. The van der Waals surface area contributed by atoms with Gasteiger partial charge < -0.3 is 5.73 Å². The van der Waals surface area contributed by atoms with E-state index in [1.165, 1.54) is 5.56 Å². The lowest BCUT2D eigenvalue weighted by Crippen LogP contribution is -2.11. The van der Waals surface area contributed by atoms with Crippen molar-refractivity contribution in [2.24, 2.45) is 0 Å². The fraction of sp³-hybridized carbons (Fsp3) is 0.111. The van der Waals surface area contributed by atoms with Crippen molar-refractivity contribution >= 4 is 29.2 Å². The molecule has 3 aromatic rings. The SMILES string of the molecule is Nc1nc(-c2ccc(Cl)c(Cl)c2)c2c(n1)-c1ccccc1CC2. The Kier molecular flexibility index (Phi) is 3.47. The molecular formula is C18H13Cl2N3. The fourth-order valence-electron chi connectivity index (χ4n) is 3.07. The first-order valence-electron chi connectivity index (χ1n) is 7.33. The molecule has 23 heavy (non-hydrogen) atoms. The summed E-state index contributed by atoms with van der Waals surface area (Å²) >= 11 is 12.2. The Bertz CT molecular complexity index is 922. The molecule has 1 aliphatic carbocycles. The van der Waals surface area contributed by atoms with Crippen LogP contribution in [0.5, 0.6) is 0 Å². The Labute approximate surface area is 144 Å². The van der Waals surface area contributed by atoms with E-state index in [2.05, 4.69) is 22.1 Å². The molecule has 2 aromatic carbocycles. The summed E-state index contributed by atoms with van der Waals surface area (Å²) in [4.78, 5) is 8.95. The van der Waals surface area contributed by atoms with Crippen molar-refractivity contribution in [1.29, 1.82) is 0 Å². The molecule has 4 rings (SSSR count). The van der Waals surface area contributed by atoms with Crippen molar-refractivity contribution in [3.63, 3.8) is 0 Å². The lowest BCUT2D eigenvalue weighted by atomic mass is 9.87. The lowest BCUT2D eigenvalue weighted by Gasteiger charge is -2.21. The molecular weight excluding hydrogens is 329 g/mol. The monoisotopic (exact) mass is 341 g/mol. The van der Waals surface area contributed by atoms with Crippen LogP contribution in [0.25, 0.3) is 22.5 Å². The number of nitrogens with zero attached hydrogens (tertiary/aromatic N) is 2. The van der Waals surface area contributed by atoms with Crippen LogP contribution in [0.3, 0.4) is 0 Å². The number of fused-ring (bicyclic) bond motifs is 3. The zero-order chi connectivity index (χ0) is 16.0. The summed E-state index contributed by atoms with van der Waals surface area (Å²) in [5.74, 6) is 0.265. The Hall–Kier alpha value is -2.10. The van der Waals surface area contributed by atoms with E-state index in [-0.39, 0.29) is 5.95 Å². The summed E-state index contributed by atoms with van der Waals surface area (Å²) in [6.07, 6.45) is 1.84. The van der Waals surface area contributed by atoms with Gasteiger partial charge in [0.2, 0.25) is 5.95 Å². The molecule has 0 atom stereocenters. The van der Waals surface area contributed by atoms with Gasteiger partial charge in [0.1, 0.15) is 0 Å². The first kappa shape index (κ1) is 14.5. The predicted molar refractivity (Wildman–Crippen MR) is 94.7 cm³/mol. The molecule has 0 bridgehead atoms. The van der Waals surface area contributed by atoms with Crippen molar-refractivity contribution in [3.8, 4) is 22.5 Å². The van der Waals surface area contributed by atoms with Gasteiger partial charge in [-0.3, -0.25) is 0 Å². The van der Waals surface area contributed by atoms with Crippen molar-refractivity contribution in [2.75, 3.05) is 5.73 Å². The maximum absolute atomic E-state index is 6.16. The van der Waals surface area contributed by atoms with Crippen LogP contribution < -0.4 is 5.73 Å².